The summed E-state index contributed by atoms with van der Waals surface area (Å²) in [6.45, 7) is 0. The monoisotopic (exact) mass is 440 g/mol. The Hall–Kier alpha value is -1.30. The number of halogens is 2. The van der Waals surface area contributed by atoms with E-state index in [0.29, 0.717) is 0 Å². The van der Waals surface area contributed by atoms with Crippen LogP contribution in [-0.4, -0.2) is 35.7 Å². The quantitative estimate of drug-likeness (QED) is 0.687. The van der Waals surface area contributed by atoms with E-state index >= 15 is 0 Å². The van der Waals surface area contributed by atoms with Gasteiger partial charge in [0.2, 0.25) is 0 Å². The first-order chi connectivity index (χ1) is 9.61. The van der Waals surface area contributed by atoms with Crippen molar-refractivity contribution in [3.8, 4) is 0 Å². The van der Waals surface area contributed by atoms with E-state index in [1.165, 1.54) is 0 Å². The Bertz CT molecular complexity index is 766. The van der Waals surface area contributed by atoms with Crippen LogP contribution >= 0.6 is 31.9 Å². The van der Waals surface area contributed by atoms with E-state index in [9.17, 15) is 18.0 Å². The van der Waals surface area contributed by atoms with Crippen LogP contribution in [0.2, 0.25) is 0 Å². The SMILES string of the molecule is O=C(O)C1=NN(c2c(Br)cc(S(=O)(=O)O)cc2Br)C(=O)C1. The second kappa shape index (κ2) is 5.48. The van der Waals surface area contributed by atoms with Crippen molar-refractivity contribution in [2.24, 2.45) is 5.10 Å². The molecule has 0 radical (unpaired) electrons. The second-order valence-corrected chi connectivity index (χ2v) is 7.07. The van der Waals surface area contributed by atoms with Gasteiger partial charge in [0.25, 0.3) is 16.0 Å². The van der Waals surface area contributed by atoms with Crippen LogP contribution in [0.5, 0.6) is 0 Å². The molecule has 1 aliphatic heterocycles. The van der Waals surface area contributed by atoms with E-state index in [1.54, 1.807) is 0 Å². The predicted molar refractivity (Wildman–Crippen MR) is 78.8 cm³/mol. The number of hydrogen-bond acceptors (Lipinski definition) is 5. The van der Waals surface area contributed by atoms with Crippen molar-refractivity contribution in [2.45, 2.75) is 11.3 Å². The number of carboxylic acids is 1. The number of carbonyl (C=O) groups excluding carboxylic acids is 1. The number of nitrogens with zero attached hydrogens (tertiary/aromatic N) is 2. The number of rotatable bonds is 3. The average Bonchev–Trinajstić information content (AvgIpc) is 2.69. The van der Waals surface area contributed by atoms with Gasteiger partial charge >= 0.3 is 5.97 Å². The maximum absolute atomic E-state index is 11.8. The fraction of sp³-hybridized carbons (Fsp3) is 0.100. The molecule has 1 aliphatic rings. The smallest absolute Gasteiger partial charge is 0.352 e. The Labute approximate surface area is 135 Å². The van der Waals surface area contributed by atoms with Crippen molar-refractivity contribution in [2.75, 3.05) is 5.01 Å². The maximum Gasteiger partial charge on any atom is 0.352 e. The Kier molecular flexibility index (Phi) is 4.19. The highest BCUT2D eigenvalue weighted by Gasteiger charge is 2.32. The van der Waals surface area contributed by atoms with E-state index in [0.717, 1.165) is 17.1 Å². The largest absolute Gasteiger partial charge is 0.477 e. The zero-order valence-electron chi connectivity index (χ0n) is 9.95. The molecule has 0 unspecified atom stereocenters. The minimum Gasteiger partial charge on any atom is -0.477 e. The molecule has 2 N–H and O–H groups in total. The molecule has 11 heteroatoms. The molecule has 1 aromatic rings. The molecule has 0 spiro atoms. The molecule has 0 saturated carbocycles. The van der Waals surface area contributed by atoms with Gasteiger partial charge in [-0.2, -0.15) is 18.5 Å². The summed E-state index contributed by atoms with van der Waals surface area (Å²) in [5, 5.41) is 13.4. The summed E-state index contributed by atoms with van der Waals surface area (Å²) in [5.41, 5.74) is -0.179. The standard InChI is InChI=1S/C10H6Br2N2O6S/c11-5-1-4(21(18,19)20)2-6(12)9(5)14-8(15)3-7(13-14)10(16)17/h1-2H,3H2,(H,16,17)(H,18,19,20). The molecule has 0 saturated heterocycles. The summed E-state index contributed by atoms with van der Waals surface area (Å²) in [4.78, 5) is 22.3. The predicted octanol–water partition coefficient (Wildman–Crippen LogP) is 1.64. The van der Waals surface area contributed by atoms with Gasteiger partial charge in [0.15, 0.2) is 5.71 Å². The molecule has 1 amide bonds. The average molecular weight is 442 g/mol. The highest BCUT2D eigenvalue weighted by molar-refractivity contribution is 9.11. The minimum absolute atomic E-state index is 0.142. The first kappa shape index (κ1) is 16.1. The third-order valence-corrected chi connectivity index (χ3v) is 4.56. The number of amides is 1. The van der Waals surface area contributed by atoms with Crippen LogP contribution in [0.3, 0.4) is 0 Å². The molecule has 21 heavy (non-hydrogen) atoms. The van der Waals surface area contributed by atoms with Crippen molar-refractivity contribution in [3.05, 3.63) is 21.1 Å². The van der Waals surface area contributed by atoms with Crippen LogP contribution in [0.15, 0.2) is 31.1 Å². The van der Waals surface area contributed by atoms with Crippen molar-refractivity contribution in [3.63, 3.8) is 0 Å². The van der Waals surface area contributed by atoms with Gasteiger partial charge in [-0.1, -0.05) is 0 Å². The van der Waals surface area contributed by atoms with Crippen LogP contribution in [0.25, 0.3) is 0 Å². The summed E-state index contributed by atoms with van der Waals surface area (Å²) in [7, 11) is -4.42. The van der Waals surface area contributed by atoms with Crippen LogP contribution < -0.4 is 5.01 Å². The number of hydrogen-bond donors (Lipinski definition) is 2. The fourth-order valence-electron chi connectivity index (χ4n) is 1.62. The number of hydrazone groups is 1. The van der Waals surface area contributed by atoms with Crippen LogP contribution in [-0.2, 0) is 19.7 Å². The maximum atomic E-state index is 11.8. The summed E-state index contributed by atoms with van der Waals surface area (Å²) in [5.74, 6) is -1.89. The van der Waals surface area contributed by atoms with Crippen LogP contribution in [0.1, 0.15) is 6.42 Å². The molecular weight excluding hydrogens is 436 g/mol. The minimum atomic E-state index is -4.42. The molecule has 0 aliphatic carbocycles. The number of aliphatic carboxylic acids is 1. The molecule has 0 atom stereocenters. The number of anilines is 1. The molecule has 8 nitrogen and oxygen atoms in total. The van der Waals surface area contributed by atoms with Gasteiger partial charge in [-0.25, -0.2) is 4.79 Å². The lowest BCUT2D eigenvalue weighted by Crippen LogP contribution is -2.20. The van der Waals surface area contributed by atoms with Crippen molar-refractivity contribution < 1.29 is 27.7 Å². The Morgan fingerprint density at radius 3 is 2.19 bits per heavy atom. The lowest BCUT2D eigenvalue weighted by atomic mass is 10.2. The summed E-state index contributed by atoms with van der Waals surface area (Å²) in [6.07, 6.45) is -0.367. The fourth-order valence-corrected chi connectivity index (χ4v) is 3.98. The molecule has 1 heterocycles. The number of carbonyl (C=O) groups is 2. The van der Waals surface area contributed by atoms with Crippen LogP contribution in [0, 0.1) is 0 Å². The molecule has 1 aromatic carbocycles. The molecule has 0 aromatic heterocycles. The van der Waals surface area contributed by atoms with E-state index in [1.807, 2.05) is 0 Å². The lowest BCUT2D eigenvalue weighted by Gasteiger charge is -2.16. The second-order valence-electron chi connectivity index (χ2n) is 3.94. The zero-order valence-corrected chi connectivity index (χ0v) is 13.9. The third kappa shape index (κ3) is 3.15. The van der Waals surface area contributed by atoms with Gasteiger partial charge in [0, 0.05) is 8.95 Å². The first-order valence-corrected chi connectivity index (χ1v) is 8.24. The molecule has 112 valence electrons. The molecular formula is C10H6Br2N2O6S. The van der Waals surface area contributed by atoms with Crippen molar-refractivity contribution >= 4 is 65.3 Å². The van der Waals surface area contributed by atoms with Crippen molar-refractivity contribution in [1.29, 1.82) is 0 Å². The van der Waals surface area contributed by atoms with Gasteiger partial charge in [0.05, 0.1) is 17.0 Å². The molecule has 0 fully saturated rings. The summed E-state index contributed by atoms with van der Waals surface area (Å²) < 4.78 is 31.5. The zero-order chi connectivity index (χ0) is 15.9. The van der Waals surface area contributed by atoms with E-state index in [2.05, 4.69) is 37.0 Å². The van der Waals surface area contributed by atoms with Gasteiger partial charge in [-0.15, -0.1) is 0 Å². The van der Waals surface area contributed by atoms with Gasteiger partial charge < -0.3 is 5.11 Å². The van der Waals surface area contributed by atoms with E-state index in [-0.39, 0.29) is 31.7 Å². The van der Waals surface area contributed by atoms with Gasteiger partial charge in [-0.3, -0.25) is 9.35 Å². The van der Waals surface area contributed by atoms with Crippen LogP contribution in [0.4, 0.5) is 5.69 Å². The molecule has 0 bridgehead atoms. The Balaban J connectivity index is 2.56. The first-order valence-electron chi connectivity index (χ1n) is 5.21. The third-order valence-electron chi connectivity index (χ3n) is 2.52. The topological polar surface area (TPSA) is 124 Å². The summed E-state index contributed by atoms with van der Waals surface area (Å²) in [6, 6.07) is 2.16. The molecule has 2 rings (SSSR count). The van der Waals surface area contributed by atoms with Gasteiger partial charge in [-0.05, 0) is 44.0 Å². The van der Waals surface area contributed by atoms with Crippen molar-refractivity contribution in [1.82, 2.24) is 0 Å². The Morgan fingerprint density at radius 2 is 1.81 bits per heavy atom. The highest BCUT2D eigenvalue weighted by Crippen LogP contribution is 2.38. The number of benzene rings is 1. The normalized spacial score (nSPS) is 15.3. The number of carboxylic acid groups (broad SMARTS) is 1. The van der Waals surface area contributed by atoms with E-state index in [4.69, 9.17) is 9.66 Å². The summed E-state index contributed by atoms with van der Waals surface area (Å²) >= 11 is 6.14. The lowest BCUT2D eigenvalue weighted by molar-refractivity contribution is -0.129. The Morgan fingerprint density at radius 1 is 1.29 bits per heavy atom. The van der Waals surface area contributed by atoms with E-state index < -0.39 is 22.0 Å². The highest BCUT2D eigenvalue weighted by atomic mass is 79.9. The van der Waals surface area contributed by atoms with Gasteiger partial charge in [0.1, 0.15) is 0 Å².